The highest BCUT2D eigenvalue weighted by Gasteiger charge is 2.42. The summed E-state index contributed by atoms with van der Waals surface area (Å²) in [4.78, 5) is 48.9. The lowest BCUT2D eigenvalue weighted by Crippen LogP contribution is -2.47. The number of benzodiazepines with no additional fused rings is 1. The first-order chi connectivity index (χ1) is 18.2. The topological polar surface area (TPSA) is 112 Å². The molecular formula is C28H26F2N4O4. The molecule has 0 spiro atoms. The van der Waals surface area contributed by atoms with E-state index in [1.807, 2.05) is 19.1 Å². The van der Waals surface area contributed by atoms with E-state index in [2.05, 4.69) is 15.3 Å². The minimum absolute atomic E-state index is 0.169. The summed E-state index contributed by atoms with van der Waals surface area (Å²) in [6, 6.07) is 17.4. The van der Waals surface area contributed by atoms with E-state index in [4.69, 9.17) is 5.11 Å². The standard InChI is InChI=1S/C28H26F2N4O4/c1-2-18-8-7-9-19(14-18)32-25(37)15-22-27(38)34(16-24(36)28(29,30)17-35)23-12-4-3-10-20(23)26(33-22)21-11-5-6-13-31-21/h3-14,22,35H,2,15-17H2,1H3,(H,32,37)/t22-/m0/s1. The normalized spacial score (nSPS) is 15.4. The van der Waals surface area contributed by atoms with Crippen molar-refractivity contribution in [3.63, 3.8) is 0 Å². The van der Waals surface area contributed by atoms with Gasteiger partial charge in [0, 0.05) is 17.4 Å². The van der Waals surface area contributed by atoms with Crippen LogP contribution in [0, 0.1) is 0 Å². The number of fused-ring (bicyclic) bond motifs is 1. The first kappa shape index (κ1) is 26.7. The maximum Gasteiger partial charge on any atom is 0.329 e. The van der Waals surface area contributed by atoms with Crippen LogP contribution in [0.25, 0.3) is 0 Å². The second-order valence-corrected chi connectivity index (χ2v) is 8.74. The van der Waals surface area contributed by atoms with Crippen LogP contribution >= 0.6 is 0 Å². The number of aryl methyl sites for hydroxylation is 1. The molecule has 0 fully saturated rings. The summed E-state index contributed by atoms with van der Waals surface area (Å²) in [5, 5.41) is 11.7. The number of nitrogens with one attached hydrogen (secondary N) is 1. The van der Waals surface area contributed by atoms with Gasteiger partial charge in [-0.15, -0.1) is 0 Å². The number of hydrogen-bond acceptors (Lipinski definition) is 6. The van der Waals surface area contributed by atoms with Gasteiger partial charge in [0.1, 0.15) is 12.6 Å². The Morgan fingerprint density at radius 1 is 1.08 bits per heavy atom. The van der Waals surface area contributed by atoms with Gasteiger partial charge in [-0.2, -0.15) is 8.78 Å². The molecule has 8 nitrogen and oxygen atoms in total. The average Bonchev–Trinajstić information content (AvgIpc) is 3.04. The molecule has 196 valence electrons. The quantitative estimate of drug-likeness (QED) is 0.449. The summed E-state index contributed by atoms with van der Waals surface area (Å²) in [6.45, 7) is -0.716. The number of amides is 2. The molecule has 2 N–H and O–H groups in total. The van der Waals surface area contributed by atoms with Gasteiger partial charge in [0.25, 0.3) is 5.91 Å². The molecule has 3 aromatic rings. The fraction of sp³-hybridized carbons (Fsp3) is 0.250. The van der Waals surface area contributed by atoms with Gasteiger partial charge in [-0.3, -0.25) is 24.4 Å². The second kappa shape index (κ2) is 11.4. The Morgan fingerprint density at radius 3 is 2.55 bits per heavy atom. The zero-order valence-corrected chi connectivity index (χ0v) is 20.6. The summed E-state index contributed by atoms with van der Waals surface area (Å²) in [6.07, 6.45) is 1.90. The fourth-order valence-corrected chi connectivity index (χ4v) is 4.10. The molecule has 1 aliphatic rings. The molecule has 1 aromatic heterocycles. The van der Waals surface area contributed by atoms with Crippen molar-refractivity contribution in [2.45, 2.75) is 31.7 Å². The van der Waals surface area contributed by atoms with E-state index in [9.17, 15) is 23.2 Å². The van der Waals surface area contributed by atoms with Gasteiger partial charge in [0.15, 0.2) is 0 Å². The molecule has 0 radical (unpaired) electrons. The van der Waals surface area contributed by atoms with Gasteiger partial charge in [-0.1, -0.05) is 43.3 Å². The Kier molecular flexibility index (Phi) is 8.02. The number of rotatable bonds is 9. The fourth-order valence-electron chi connectivity index (χ4n) is 4.10. The number of anilines is 2. The van der Waals surface area contributed by atoms with Crippen LogP contribution in [0.15, 0.2) is 77.9 Å². The number of hydrogen-bond donors (Lipinski definition) is 2. The lowest BCUT2D eigenvalue weighted by Gasteiger charge is -2.26. The molecule has 0 unspecified atom stereocenters. The first-order valence-electron chi connectivity index (χ1n) is 12.0. The Bertz CT molecular complexity index is 1380. The van der Waals surface area contributed by atoms with Crippen LogP contribution in [0.2, 0.25) is 0 Å². The number of para-hydroxylation sites is 1. The largest absolute Gasteiger partial charge is 0.390 e. The molecule has 0 aliphatic carbocycles. The number of aromatic nitrogens is 1. The van der Waals surface area contributed by atoms with E-state index in [-0.39, 0.29) is 11.4 Å². The van der Waals surface area contributed by atoms with Gasteiger partial charge in [0.2, 0.25) is 11.7 Å². The van der Waals surface area contributed by atoms with Crippen LogP contribution < -0.4 is 10.2 Å². The Morgan fingerprint density at radius 2 is 1.84 bits per heavy atom. The molecule has 2 heterocycles. The number of halogens is 2. The number of carbonyl (C=O) groups excluding carboxylic acids is 3. The predicted molar refractivity (Wildman–Crippen MR) is 139 cm³/mol. The van der Waals surface area contributed by atoms with Gasteiger partial charge in [0.05, 0.1) is 30.1 Å². The van der Waals surface area contributed by atoms with Crippen LogP contribution in [0.5, 0.6) is 0 Å². The molecule has 38 heavy (non-hydrogen) atoms. The number of alkyl halides is 2. The van der Waals surface area contributed by atoms with Crippen molar-refractivity contribution in [2.75, 3.05) is 23.4 Å². The van der Waals surface area contributed by atoms with Crippen LogP contribution in [-0.2, 0) is 20.8 Å². The molecule has 0 saturated heterocycles. The van der Waals surface area contributed by atoms with Crippen LogP contribution in [0.4, 0.5) is 20.2 Å². The Labute approximate surface area is 218 Å². The number of pyridine rings is 1. The number of benzene rings is 2. The van der Waals surface area contributed by atoms with Crippen LogP contribution in [0.3, 0.4) is 0 Å². The average molecular weight is 521 g/mol. The third kappa shape index (κ3) is 5.81. The molecular weight excluding hydrogens is 494 g/mol. The second-order valence-electron chi connectivity index (χ2n) is 8.74. The number of aliphatic imine (C=N–C) groups is 1. The van der Waals surface area contributed by atoms with Crippen molar-refractivity contribution in [1.82, 2.24) is 4.98 Å². The maximum absolute atomic E-state index is 14.0. The predicted octanol–water partition coefficient (Wildman–Crippen LogP) is 3.42. The highest BCUT2D eigenvalue weighted by molar-refractivity contribution is 6.20. The first-order valence-corrected chi connectivity index (χ1v) is 12.0. The maximum atomic E-state index is 14.0. The van der Waals surface area contributed by atoms with Crippen molar-refractivity contribution >= 4 is 34.7 Å². The summed E-state index contributed by atoms with van der Waals surface area (Å²) in [5.74, 6) is -6.99. The van der Waals surface area contributed by atoms with E-state index in [0.717, 1.165) is 16.9 Å². The summed E-state index contributed by atoms with van der Waals surface area (Å²) in [5.41, 5.74) is 2.80. The van der Waals surface area contributed by atoms with E-state index in [0.29, 0.717) is 16.9 Å². The molecule has 10 heteroatoms. The van der Waals surface area contributed by atoms with Crippen molar-refractivity contribution < 1.29 is 28.3 Å². The number of ketones is 1. The molecule has 1 atom stereocenters. The number of carbonyl (C=O) groups is 3. The van der Waals surface area contributed by atoms with Gasteiger partial charge >= 0.3 is 5.92 Å². The highest BCUT2D eigenvalue weighted by Crippen LogP contribution is 2.30. The van der Waals surface area contributed by atoms with E-state index in [1.54, 1.807) is 54.7 Å². The van der Waals surface area contributed by atoms with Crippen molar-refractivity contribution in [3.8, 4) is 0 Å². The molecule has 1 aliphatic heterocycles. The number of aliphatic hydroxyl groups excluding tert-OH is 1. The van der Waals surface area contributed by atoms with Crippen LogP contribution in [-0.4, -0.2) is 58.5 Å². The van der Waals surface area contributed by atoms with E-state index in [1.165, 1.54) is 6.07 Å². The smallest absolute Gasteiger partial charge is 0.329 e. The highest BCUT2D eigenvalue weighted by atomic mass is 19.3. The molecule has 2 amide bonds. The lowest BCUT2D eigenvalue weighted by molar-refractivity contribution is -0.147. The zero-order valence-electron chi connectivity index (χ0n) is 20.6. The van der Waals surface area contributed by atoms with Crippen molar-refractivity contribution in [2.24, 2.45) is 4.99 Å². The lowest BCUT2D eigenvalue weighted by atomic mass is 10.0. The summed E-state index contributed by atoms with van der Waals surface area (Å²) in [7, 11) is 0. The monoisotopic (exact) mass is 520 g/mol. The molecule has 0 saturated carbocycles. The minimum atomic E-state index is -4.04. The van der Waals surface area contributed by atoms with E-state index >= 15 is 0 Å². The zero-order chi connectivity index (χ0) is 27.3. The summed E-state index contributed by atoms with van der Waals surface area (Å²) >= 11 is 0. The van der Waals surface area contributed by atoms with Gasteiger partial charge < -0.3 is 15.3 Å². The molecule has 4 rings (SSSR count). The number of aliphatic hydroxyl groups is 1. The molecule has 0 bridgehead atoms. The molecule has 2 aromatic carbocycles. The van der Waals surface area contributed by atoms with E-state index < -0.39 is 49.1 Å². The van der Waals surface area contributed by atoms with Crippen LogP contribution in [0.1, 0.15) is 30.2 Å². The Balaban J connectivity index is 1.74. The summed E-state index contributed by atoms with van der Waals surface area (Å²) < 4.78 is 28.0. The van der Waals surface area contributed by atoms with Gasteiger partial charge in [-0.05, 0) is 42.3 Å². The van der Waals surface area contributed by atoms with Gasteiger partial charge in [-0.25, -0.2) is 0 Å². The number of nitrogens with zero attached hydrogens (tertiary/aromatic N) is 3. The third-order valence-electron chi connectivity index (χ3n) is 6.10. The Hall–Kier alpha value is -4.31. The SMILES string of the molecule is CCc1cccc(NC(=O)C[C@@H]2N=C(c3ccccn3)c3ccccc3N(CC(=O)C(F)(F)CO)C2=O)c1. The van der Waals surface area contributed by atoms with Crippen molar-refractivity contribution in [3.05, 3.63) is 89.7 Å². The van der Waals surface area contributed by atoms with Crippen molar-refractivity contribution in [1.29, 1.82) is 0 Å². The minimum Gasteiger partial charge on any atom is -0.390 e. The number of Topliss-reactive ketones (excluding diaryl/α,β-unsaturated/α-hetero) is 1. The third-order valence-corrected chi connectivity index (χ3v) is 6.10.